The molecule has 2 N–H and O–H groups in total. The van der Waals surface area contributed by atoms with Gasteiger partial charge in [0.15, 0.2) is 0 Å². The summed E-state index contributed by atoms with van der Waals surface area (Å²) in [6.07, 6.45) is -2.56. The summed E-state index contributed by atoms with van der Waals surface area (Å²) in [5.74, 6) is -0.395. The van der Waals surface area contributed by atoms with Crippen LogP contribution in [0.4, 0.5) is 23.7 Å². The standard InChI is InChI=1S/C15H18F3N3O2/c1-10(22)21(8-7-19-14(23)20-12-5-6-12)13-4-2-3-11(9-13)15(16,17)18/h2-4,9,12H,5-8H2,1H3,(H2,19,20,23). The van der Waals surface area contributed by atoms with Crippen molar-refractivity contribution in [2.24, 2.45) is 0 Å². The molecule has 2 rings (SSSR count). The average molecular weight is 329 g/mol. The van der Waals surface area contributed by atoms with E-state index in [1.165, 1.54) is 24.0 Å². The fourth-order valence-electron chi connectivity index (χ4n) is 2.06. The topological polar surface area (TPSA) is 61.4 Å². The van der Waals surface area contributed by atoms with Gasteiger partial charge >= 0.3 is 12.2 Å². The lowest BCUT2D eigenvalue weighted by atomic mass is 10.2. The Labute approximate surface area is 131 Å². The molecule has 5 nitrogen and oxygen atoms in total. The van der Waals surface area contributed by atoms with Crippen LogP contribution in [0.1, 0.15) is 25.3 Å². The van der Waals surface area contributed by atoms with Crippen LogP contribution in [0.25, 0.3) is 0 Å². The molecule has 1 aliphatic carbocycles. The van der Waals surface area contributed by atoms with Crippen LogP contribution in [-0.2, 0) is 11.0 Å². The Balaban J connectivity index is 1.97. The minimum atomic E-state index is -4.47. The molecule has 0 aliphatic heterocycles. The number of hydrogen-bond donors (Lipinski definition) is 2. The van der Waals surface area contributed by atoms with Gasteiger partial charge in [0, 0.05) is 31.7 Å². The first-order valence-electron chi connectivity index (χ1n) is 7.27. The smallest absolute Gasteiger partial charge is 0.336 e. The molecule has 23 heavy (non-hydrogen) atoms. The van der Waals surface area contributed by atoms with E-state index in [0.29, 0.717) is 0 Å². The second-order valence-corrected chi connectivity index (χ2v) is 5.39. The largest absolute Gasteiger partial charge is 0.416 e. The zero-order chi connectivity index (χ0) is 17.0. The normalized spacial score (nSPS) is 14.3. The van der Waals surface area contributed by atoms with Gasteiger partial charge in [0.2, 0.25) is 5.91 Å². The third-order valence-electron chi connectivity index (χ3n) is 3.40. The quantitative estimate of drug-likeness (QED) is 0.872. The second kappa shape index (κ2) is 6.89. The molecule has 126 valence electrons. The van der Waals surface area contributed by atoms with Gasteiger partial charge in [0.25, 0.3) is 0 Å². The molecular weight excluding hydrogens is 311 g/mol. The summed E-state index contributed by atoms with van der Waals surface area (Å²) in [6, 6.07) is 4.43. The number of amides is 3. The highest BCUT2D eigenvalue weighted by atomic mass is 19.4. The molecular formula is C15H18F3N3O2. The predicted molar refractivity (Wildman–Crippen MR) is 79.0 cm³/mol. The molecule has 1 aliphatic rings. The summed E-state index contributed by atoms with van der Waals surface area (Å²) in [5.41, 5.74) is -0.669. The zero-order valence-corrected chi connectivity index (χ0v) is 12.6. The van der Waals surface area contributed by atoms with E-state index < -0.39 is 17.6 Å². The maximum absolute atomic E-state index is 12.7. The highest BCUT2D eigenvalue weighted by Crippen LogP contribution is 2.31. The average Bonchev–Trinajstić information content (AvgIpc) is 3.26. The van der Waals surface area contributed by atoms with Crippen LogP contribution in [0.3, 0.4) is 0 Å². The fraction of sp³-hybridized carbons (Fsp3) is 0.467. The highest BCUT2D eigenvalue weighted by molar-refractivity contribution is 5.91. The molecule has 0 bridgehead atoms. The summed E-state index contributed by atoms with van der Waals surface area (Å²) in [7, 11) is 0. The van der Waals surface area contributed by atoms with Gasteiger partial charge in [0.05, 0.1) is 5.56 Å². The first-order valence-corrected chi connectivity index (χ1v) is 7.27. The summed E-state index contributed by atoms with van der Waals surface area (Å²) < 4.78 is 38.2. The molecule has 1 aromatic carbocycles. The molecule has 0 atom stereocenters. The number of rotatable bonds is 5. The van der Waals surface area contributed by atoms with Gasteiger partial charge in [-0.3, -0.25) is 4.79 Å². The van der Waals surface area contributed by atoms with E-state index in [1.54, 1.807) is 0 Å². The third kappa shape index (κ3) is 5.15. The van der Waals surface area contributed by atoms with Gasteiger partial charge in [-0.15, -0.1) is 0 Å². The minimum Gasteiger partial charge on any atom is -0.336 e. The summed E-state index contributed by atoms with van der Waals surface area (Å²) >= 11 is 0. The Kier molecular flexibility index (Phi) is 5.12. The van der Waals surface area contributed by atoms with Crippen LogP contribution in [0.2, 0.25) is 0 Å². The Hall–Kier alpha value is -2.25. The molecule has 0 unspecified atom stereocenters. The van der Waals surface area contributed by atoms with E-state index in [2.05, 4.69) is 10.6 Å². The number of carbonyl (C=O) groups excluding carboxylic acids is 2. The molecule has 8 heteroatoms. The lowest BCUT2D eigenvalue weighted by molar-refractivity contribution is -0.137. The van der Waals surface area contributed by atoms with E-state index in [-0.39, 0.29) is 30.8 Å². The summed E-state index contributed by atoms with van der Waals surface area (Å²) in [6.45, 7) is 1.51. The van der Waals surface area contributed by atoms with Gasteiger partial charge in [-0.25, -0.2) is 4.79 Å². The van der Waals surface area contributed by atoms with Crippen LogP contribution >= 0.6 is 0 Å². The lowest BCUT2D eigenvalue weighted by Crippen LogP contribution is -2.42. The monoisotopic (exact) mass is 329 g/mol. The number of hydrogen-bond acceptors (Lipinski definition) is 2. The zero-order valence-electron chi connectivity index (χ0n) is 12.6. The van der Waals surface area contributed by atoms with Gasteiger partial charge in [-0.05, 0) is 31.0 Å². The molecule has 1 fully saturated rings. The van der Waals surface area contributed by atoms with Crippen molar-refractivity contribution in [3.05, 3.63) is 29.8 Å². The number of benzene rings is 1. The van der Waals surface area contributed by atoms with E-state index in [1.807, 2.05) is 0 Å². The first kappa shape index (κ1) is 17.1. The number of halogens is 3. The second-order valence-electron chi connectivity index (χ2n) is 5.39. The van der Waals surface area contributed by atoms with E-state index in [9.17, 15) is 22.8 Å². The Morgan fingerprint density at radius 3 is 2.57 bits per heavy atom. The Morgan fingerprint density at radius 2 is 2.00 bits per heavy atom. The first-order chi connectivity index (χ1) is 10.8. The van der Waals surface area contributed by atoms with E-state index in [0.717, 1.165) is 25.0 Å². The van der Waals surface area contributed by atoms with Crippen LogP contribution in [-0.4, -0.2) is 31.1 Å². The SMILES string of the molecule is CC(=O)N(CCNC(=O)NC1CC1)c1cccc(C(F)(F)F)c1. The maximum atomic E-state index is 12.7. The predicted octanol–water partition coefficient (Wildman–Crippen LogP) is 2.52. The maximum Gasteiger partial charge on any atom is 0.416 e. The summed E-state index contributed by atoms with van der Waals surface area (Å²) in [5, 5.41) is 5.31. The van der Waals surface area contributed by atoms with Crippen molar-refractivity contribution >= 4 is 17.6 Å². The molecule has 0 spiro atoms. The van der Waals surface area contributed by atoms with Gasteiger partial charge < -0.3 is 15.5 Å². The summed E-state index contributed by atoms with van der Waals surface area (Å²) in [4.78, 5) is 24.4. The van der Waals surface area contributed by atoms with Gasteiger partial charge in [-0.2, -0.15) is 13.2 Å². The molecule has 0 heterocycles. The molecule has 0 aromatic heterocycles. The lowest BCUT2D eigenvalue weighted by Gasteiger charge is -2.22. The molecule has 0 radical (unpaired) electrons. The Bertz CT molecular complexity index is 586. The van der Waals surface area contributed by atoms with Crippen molar-refractivity contribution < 1.29 is 22.8 Å². The van der Waals surface area contributed by atoms with Crippen LogP contribution < -0.4 is 15.5 Å². The van der Waals surface area contributed by atoms with Crippen LogP contribution in [0.15, 0.2) is 24.3 Å². The number of carbonyl (C=O) groups is 2. The number of urea groups is 1. The van der Waals surface area contributed by atoms with Crippen molar-refractivity contribution in [1.82, 2.24) is 10.6 Å². The number of nitrogens with zero attached hydrogens (tertiary/aromatic N) is 1. The van der Waals surface area contributed by atoms with E-state index >= 15 is 0 Å². The number of alkyl halides is 3. The fourth-order valence-corrected chi connectivity index (χ4v) is 2.06. The van der Waals surface area contributed by atoms with Crippen molar-refractivity contribution in [3.8, 4) is 0 Å². The molecule has 0 saturated heterocycles. The number of anilines is 1. The third-order valence-corrected chi connectivity index (χ3v) is 3.40. The van der Waals surface area contributed by atoms with Crippen molar-refractivity contribution in [2.75, 3.05) is 18.0 Å². The van der Waals surface area contributed by atoms with Crippen LogP contribution in [0, 0.1) is 0 Å². The molecule has 3 amide bonds. The van der Waals surface area contributed by atoms with Crippen LogP contribution in [0.5, 0.6) is 0 Å². The van der Waals surface area contributed by atoms with Crippen molar-refractivity contribution in [1.29, 1.82) is 0 Å². The van der Waals surface area contributed by atoms with Gasteiger partial charge in [0.1, 0.15) is 0 Å². The molecule has 1 aromatic rings. The van der Waals surface area contributed by atoms with Crippen molar-refractivity contribution in [3.63, 3.8) is 0 Å². The molecule has 1 saturated carbocycles. The number of nitrogens with one attached hydrogen (secondary N) is 2. The minimum absolute atomic E-state index is 0.0920. The highest BCUT2D eigenvalue weighted by Gasteiger charge is 2.31. The van der Waals surface area contributed by atoms with Gasteiger partial charge in [-0.1, -0.05) is 6.07 Å². The van der Waals surface area contributed by atoms with E-state index in [4.69, 9.17) is 0 Å². The Morgan fingerprint density at radius 1 is 1.30 bits per heavy atom. The van der Waals surface area contributed by atoms with Crippen molar-refractivity contribution in [2.45, 2.75) is 32.0 Å².